The van der Waals surface area contributed by atoms with Crippen molar-refractivity contribution in [1.29, 1.82) is 0 Å². The van der Waals surface area contributed by atoms with Gasteiger partial charge in [-0.3, -0.25) is 0 Å². The summed E-state index contributed by atoms with van der Waals surface area (Å²) >= 11 is 0. The third-order valence-corrected chi connectivity index (χ3v) is 1.63. The van der Waals surface area contributed by atoms with Crippen LogP contribution in [0.5, 0.6) is 0 Å². The molecular weight excluding hydrogens is 140 g/mol. The molecule has 0 atom stereocenters. The van der Waals surface area contributed by atoms with Crippen molar-refractivity contribution in [3.05, 3.63) is 17.7 Å². The van der Waals surface area contributed by atoms with Gasteiger partial charge in [0.05, 0.1) is 0 Å². The molecule has 0 spiro atoms. The highest BCUT2D eigenvalue weighted by molar-refractivity contribution is 5.00. The van der Waals surface area contributed by atoms with Gasteiger partial charge in [-0.05, 0) is 12.8 Å². The SMILES string of the molecule is CCc1cnc(CCCO)[nH]1. The molecule has 0 aromatic carbocycles. The van der Waals surface area contributed by atoms with Crippen molar-refractivity contribution in [3.63, 3.8) is 0 Å². The standard InChI is InChI=1S/C8H14N2O/c1-2-7-6-9-8(10-7)4-3-5-11/h6,11H,2-5H2,1H3,(H,9,10). The average Bonchev–Trinajstić information content (AvgIpc) is 2.48. The average molecular weight is 154 g/mol. The van der Waals surface area contributed by atoms with E-state index in [1.807, 2.05) is 6.20 Å². The van der Waals surface area contributed by atoms with Crippen LogP contribution in [0.15, 0.2) is 6.20 Å². The quantitative estimate of drug-likeness (QED) is 0.676. The Kier molecular flexibility index (Phi) is 3.11. The predicted octanol–water partition coefficient (Wildman–Crippen LogP) is 0.897. The summed E-state index contributed by atoms with van der Waals surface area (Å²) in [5, 5.41) is 8.55. The maximum absolute atomic E-state index is 8.55. The predicted molar refractivity (Wildman–Crippen MR) is 43.4 cm³/mol. The number of hydrogen-bond acceptors (Lipinski definition) is 2. The van der Waals surface area contributed by atoms with Crippen LogP contribution < -0.4 is 0 Å². The Morgan fingerprint density at radius 2 is 2.45 bits per heavy atom. The largest absolute Gasteiger partial charge is 0.396 e. The molecule has 0 saturated carbocycles. The van der Waals surface area contributed by atoms with Gasteiger partial charge in [-0.15, -0.1) is 0 Å². The molecule has 0 radical (unpaired) electrons. The number of aliphatic hydroxyl groups is 1. The van der Waals surface area contributed by atoms with Crippen LogP contribution in [-0.4, -0.2) is 21.7 Å². The number of hydrogen-bond donors (Lipinski definition) is 2. The summed E-state index contributed by atoms with van der Waals surface area (Å²) in [6.45, 7) is 2.32. The number of rotatable bonds is 4. The lowest BCUT2D eigenvalue weighted by Gasteiger charge is -1.91. The maximum atomic E-state index is 8.55. The van der Waals surface area contributed by atoms with Gasteiger partial charge in [-0.1, -0.05) is 6.92 Å². The molecule has 1 heterocycles. The summed E-state index contributed by atoms with van der Waals surface area (Å²) in [6.07, 6.45) is 4.48. The zero-order chi connectivity index (χ0) is 8.10. The van der Waals surface area contributed by atoms with Crippen LogP contribution >= 0.6 is 0 Å². The molecule has 0 fully saturated rings. The monoisotopic (exact) mass is 154 g/mol. The van der Waals surface area contributed by atoms with Crippen LogP contribution in [0.1, 0.15) is 24.9 Å². The van der Waals surface area contributed by atoms with Gasteiger partial charge in [0.25, 0.3) is 0 Å². The number of aryl methyl sites for hydroxylation is 2. The first-order valence-corrected chi connectivity index (χ1v) is 4.00. The fraction of sp³-hybridized carbons (Fsp3) is 0.625. The minimum atomic E-state index is 0.238. The Labute approximate surface area is 66.5 Å². The number of aromatic amines is 1. The number of imidazole rings is 1. The third kappa shape index (κ3) is 2.35. The second-order valence-corrected chi connectivity index (χ2v) is 2.54. The number of nitrogens with zero attached hydrogens (tertiary/aromatic N) is 1. The number of aromatic nitrogens is 2. The normalized spacial score (nSPS) is 10.4. The Balaban J connectivity index is 2.44. The minimum absolute atomic E-state index is 0.238. The van der Waals surface area contributed by atoms with Gasteiger partial charge in [-0.25, -0.2) is 4.98 Å². The molecule has 1 aromatic heterocycles. The van der Waals surface area contributed by atoms with Gasteiger partial charge in [-0.2, -0.15) is 0 Å². The highest BCUT2D eigenvalue weighted by Gasteiger charge is 1.97. The van der Waals surface area contributed by atoms with Crippen LogP contribution in [0.25, 0.3) is 0 Å². The van der Waals surface area contributed by atoms with Gasteiger partial charge in [0.1, 0.15) is 5.82 Å². The molecule has 2 N–H and O–H groups in total. The first-order valence-electron chi connectivity index (χ1n) is 4.00. The van der Waals surface area contributed by atoms with E-state index in [1.165, 1.54) is 0 Å². The lowest BCUT2D eigenvalue weighted by molar-refractivity contribution is 0.287. The zero-order valence-electron chi connectivity index (χ0n) is 6.80. The number of nitrogens with one attached hydrogen (secondary N) is 1. The van der Waals surface area contributed by atoms with E-state index >= 15 is 0 Å². The molecule has 0 unspecified atom stereocenters. The molecular formula is C8H14N2O. The topological polar surface area (TPSA) is 48.9 Å². The molecule has 3 heteroatoms. The van der Waals surface area contributed by atoms with Crippen molar-refractivity contribution in [2.75, 3.05) is 6.61 Å². The molecule has 11 heavy (non-hydrogen) atoms. The second kappa shape index (κ2) is 4.13. The molecule has 0 amide bonds. The van der Waals surface area contributed by atoms with E-state index < -0.39 is 0 Å². The molecule has 1 aromatic rings. The van der Waals surface area contributed by atoms with Crippen molar-refractivity contribution < 1.29 is 5.11 Å². The smallest absolute Gasteiger partial charge is 0.106 e. The van der Waals surface area contributed by atoms with Gasteiger partial charge in [0.15, 0.2) is 0 Å². The van der Waals surface area contributed by atoms with Gasteiger partial charge in [0.2, 0.25) is 0 Å². The highest BCUT2D eigenvalue weighted by atomic mass is 16.2. The second-order valence-electron chi connectivity index (χ2n) is 2.54. The van der Waals surface area contributed by atoms with Gasteiger partial charge in [0, 0.05) is 24.9 Å². The maximum Gasteiger partial charge on any atom is 0.106 e. The molecule has 3 nitrogen and oxygen atoms in total. The first kappa shape index (κ1) is 8.27. The molecule has 0 saturated heterocycles. The fourth-order valence-corrected chi connectivity index (χ4v) is 0.959. The van der Waals surface area contributed by atoms with Crippen LogP contribution in [0.2, 0.25) is 0 Å². The fourth-order valence-electron chi connectivity index (χ4n) is 0.959. The van der Waals surface area contributed by atoms with E-state index in [-0.39, 0.29) is 6.61 Å². The summed E-state index contributed by atoms with van der Waals surface area (Å²) < 4.78 is 0. The lowest BCUT2D eigenvalue weighted by Crippen LogP contribution is -1.91. The van der Waals surface area contributed by atoms with E-state index in [2.05, 4.69) is 16.9 Å². The zero-order valence-corrected chi connectivity index (χ0v) is 6.80. The van der Waals surface area contributed by atoms with Crippen LogP contribution in [0.4, 0.5) is 0 Å². The Bertz CT molecular complexity index is 208. The van der Waals surface area contributed by atoms with Crippen molar-refractivity contribution in [3.8, 4) is 0 Å². The minimum Gasteiger partial charge on any atom is -0.396 e. The van der Waals surface area contributed by atoms with Crippen molar-refractivity contribution in [2.45, 2.75) is 26.2 Å². The lowest BCUT2D eigenvalue weighted by atomic mass is 10.3. The van der Waals surface area contributed by atoms with E-state index in [9.17, 15) is 0 Å². The molecule has 0 aliphatic rings. The van der Waals surface area contributed by atoms with E-state index in [4.69, 9.17) is 5.11 Å². The summed E-state index contributed by atoms with van der Waals surface area (Å²) in [4.78, 5) is 7.33. The Morgan fingerprint density at radius 1 is 1.64 bits per heavy atom. The van der Waals surface area contributed by atoms with Gasteiger partial charge >= 0.3 is 0 Å². The van der Waals surface area contributed by atoms with E-state index in [1.54, 1.807) is 0 Å². The van der Waals surface area contributed by atoms with Crippen LogP contribution in [0.3, 0.4) is 0 Å². The Hall–Kier alpha value is -0.830. The highest BCUT2D eigenvalue weighted by Crippen LogP contribution is 1.99. The Morgan fingerprint density at radius 3 is 3.00 bits per heavy atom. The molecule has 0 aliphatic heterocycles. The van der Waals surface area contributed by atoms with E-state index in [0.717, 1.165) is 30.8 Å². The van der Waals surface area contributed by atoms with Crippen molar-refractivity contribution in [1.82, 2.24) is 9.97 Å². The number of H-pyrrole nitrogens is 1. The summed E-state index contributed by atoms with van der Waals surface area (Å²) in [5.74, 6) is 0.982. The van der Waals surface area contributed by atoms with Crippen molar-refractivity contribution >= 4 is 0 Å². The van der Waals surface area contributed by atoms with Crippen LogP contribution in [0, 0.1) is 0 Å². The summed E-state index contributed by atoms with van der Waals surface area (Å²) in [6, 6.07) is 0. The summed E-state index contributed by atoms with van der Waals surface area (Å²) in [5.41, 5.74) is 1.16. The third-order valence-electron chi connectivity index (χ3n) is 1.63. The summed E-state index contributed by atoms with van der Waals surface area (Å²) in [7, 11) is 0. The molecule has 1 rings (SSSR count). The van der Waals surface area contributed by atoms with Gasteiger partial charge < -0.3 is 10.1 Å². The first-order chi connectivity index (χ1) is 5.36. The molecule has 62 valence electrons. The molecule has 0 aliphatic carbocycles. The number of aliphatic hydroxyl groups excluding tert-OH is 1. The van der Waals surface area contributed by atoms with E-state index in [0.29, 0.717) is 0 Å². The van der Waals surface area contributed by atoms with Crippen LogP contribution in [-0.2, 0) is 12.8 Å². The van der Waals surface area contributed by atoms with Crippen molar-refractivity contribution in [2.24, 2.45) is 0 Å². The molecule has 0 bridgehead atoms.